The zero-order valence-electron chi connectivity index (χ0n) is 42.5. The molecule has 3 saturated carbocycles. The van der Waals surface area contributed by atoms with E-state index < -0.39 is 0 Å². The van der Waals surface area contributed by atoms with Gasteiger partial charge in [-0.1, -0.05) is 142 Å². The Bertz CT molecular complexity index is 1250. The molecule has 0 radical (unpaired) electrons. The first kappa shape index (κ1) is 53.2. The molecule has 0 aromatic heterocycles. The normalized spacial score (nSPS) is 29.8. The fourth-order valence-corrected chi connectivity index (χ4v) is 13.5. The molecular formula is C57H103NO5. The minimum absolute atomic E-state index is 0.109. The number of ether oxygens (including phenoxy) is 5. The van der Waals surface area contributed by atoms with Gasteiger partial charge in [0.25, 0.3) is 0 Å². The average molecular weight is 882 g/mol. The molecule has 1 saturated heterocycles. The van der Waals surface area contributed by atoms with Crippen LogP contribution in [0.4, 0.5) is 0 Å². The molecule has 1 aliphatic heterocycles. The Labute approximate surface area is 390 Å². The van der Waals surface area contributed by atoms with Crippen LogP contribution < -0.4 is 0 Å². The van der Waals surface area contributed by atoms with Crippen LogP contribution in [0.2, 0.25) is 0 Å². The topological polar surface area (TPSA) is 49.4 Å². The Morgan fingerprint density at radius 2 is 1.43 bits per heavy atom. The highest BCUT2D eigenvalue weighted by Gasteiger charge is 2.59. The molecule has 5 rings (SSSR count). The summed E-state index contributed by atoms with van der Waals surface area (Å²) in [4.78, 5) is 2.50. The van der Waals surface area contributed by atoms with Crippen molar-refractivity contribution in [3.63, 3.8) is 0 Å². The average Bonchev–Trinajstić information content (AvgIpc) is 3.64. The van der Waals surface area contributed by atoms with Crippen LogP contribution in [-0.2, 0) is 23.7 Å². The highest BCUT2D eigenvalue weighted by molar-refractivity contribution is 5.25. The molecule has 366 valence electrons. The third kappa shape index (κ3) is 17.7. The van der Waals surface area contributed by atoms with E-state index in [1.54, 1.807) is 5.57 Å². The van der Waals surface area contributed by atoms with Crippen LogP contribution in [0.5, 0.6) is 0 Å². The molecule has 63 heavy (non-hydrogen) atoms. The third-order valence-corrected chi connectivity index (χ3v) is 17.4. The van der Waals surface area contributed by atoms with Gasteiger partial charge >= 0.3 is 0 Å². The first-order chi connectivity index (χ1) is 30.7. The number of hydrogen-bond acceptors (Lipinski definition) is 6. The van der Waals surface area contributed by atoms with Crippen molar-refractivity contribution in [2.24, 2.45) is 46.3 Å². The Morgan fingerprint density at radius 1 is 0.714 bits per heavy atom. The summed E-state index contributed by atoms with van der Waals surface area (Å²) in [5.74, 6) is 5.35. The van der Waals surface area contributed by atoms with Crippen molar-refractivity contribution >= 4 is 0 Å². The molecule has 4 fully saturated rings. The number of fused-ring (bicyclic) bond motifs is 5. The Hall–Kier alpha value is -0.760. The van der Waals surface area contributed by atoms with Crippen molar-refractivity contribution in [1.82, 2.24) is 4.90 Å². The third-order valence-electron chi connectivity index (χ3n) is 17.4. The first-order valence-electron chi connectivity index (χ1n) is 27.8. The van der Waals surface area contributed by atoms with E-state index in [9.17, 15) is 0 Å². The highest BCUT2D eigenvalue weighted by atomic mass is 16.6. The SMILES string of the molecule is CCCCCCCC/C=C\CCCCCCCCOCC(CCN1CCOCC1)OCCOCCO[C@H]1CC[C@@]2(C)C(=CCC3C2CC[C@@]2(C)C3CC[C@@H]2[C@H](C)CCCC(C)C)C1. The fraction of sp³-hybridized carbons (Fsp3) is 0.930. The van der Waals surface area contributed by atoms with Gasteiger partial charge in [0.05, 0.1) is 58.5 Å². The number of nitrogens with zero attached hydrogens (tertiary/aromatic N) is 1. The van der Waals surface area contributed by atoms with E-state index >= 15 is 0 Å². The molecule has 6 heteroatoms. The van der Waals surface area contributed by atoms with Gasteiger partial charge in [-0.3, -0.25) is 4.90 Å². The molecule has 4 aliphatic carbocycles. The van der Waals surface area contributed by atoms with Crippen LogP contribution in [0.15, 0.2) is 23.8 Å². The van der Waals surface area contributed by atoms with Crippen LogP contribution in [-0.4, -0.2) is 89.6 Å². The standard InChI is InChI=1S/C57H103NO5/c1-7-8-9-10-11-12-13-14-15-16-17-18-19-20-21-22-38-61-46-51(32-35-58-36-39-59-40-37-58)63-44-42-60-41-43-62-50-30-33-56(5)49(45-50)26-27-52-54-29-28-53(48(4)25-23-24-47(2)3)57(54,6)34-31-55(52)56/h14-15,26,47-48,50-55H,7-13,16-25,27-46H2,1-6H3/b15-14-/t48-,50+,51?,52?,53-,54?,55?,56+,57-/m1/s1. The Kier molecular flexibility index (Phi) is 25.2. The summed E-state index contributed by atoms with van der Waals surface area (Å²) >= 11 is 0. The molecule has 0 aromatic rings. The van der Waals surface area contributed by atoms with Crippen molar-refractivity contribution in [3.05, 3.63) is 23.8 Å². The lowest BCUT2D eigenvalue weighted by molar-refractivity contribution is -0.0728. The number of rotatable bonds is 34. The fourth-order valence-electron chi connectivity index (χ4n) is 13.5. The van der Waals surface area contributed by atoms with Crippen molar-refractivity contribution in [3.8, 4) is 0 Å². The molecule has 0 bridgehead atoms. The first-order valence-corrected chi connectivity index (χ1v) is 27.8. The summed E-state index contributed by atoms with van der Waals surface area (Å²) in [6.45, 7) is 23.9. The number of hydrogen-bond donors (Lipinski definition) is 0. The summed E-state index contributed by atoms with van der Waals surface area (Å²) in [6.07, 6.45) is 42.7. The van der Waals surface area contributed by atoms with Gasteiger partial charge in [0.1, 0.15) is 0 Å². The van der Waals surface area contributed by atoms with Crippen LogP contribution in [0, 0.1) is 46.3 Å². The number of morpholine rings is 1. The van der Waals surface area contributed by atoms with E-state index in [2.05, 4.69) is 64.7 Å². The Balaban J connectivity index is 0.912. The predicted molar refractivity (Wildman–Crippen MR) is 265 cm³/mol. The molecule has 4 unspecified atom stereocenters. The van der Waals surface area contributed by atoms with Crippen LogP contribution in [0.3, 0.4) is 0 Å². The molecule has 0 amide bonds. The van der Waals surface area contributed by atoms with Crippen molar-refractivity contribution in [2.45, 2.75) is 221 Å². The summed E-state index contributed by atoms with van der Waals surface area (Å²) in [7, 11) is 0. The zero-order valence-corrected chi connectivity index (χ0v) is 42.5. The monoisotopic (exact) mass is 882 g/mol. The number of allylic oxidation sites excluding steroid dienone is 3. The van der Waals surface area contributed by atoms with E-state index in [0.717, 1.165) is 94.2 Å². The van der Waals surface area contributed by atoms with Gasteiger partial charge in [0, 0.05) is 26.2 Å². The van der Waals surface area contributed by atoms with Crippen molar-refractivity contribution in [1.29, 1.82) is 0 Å². The van der Waals surface area contributed by atoms with Gasteiger partial charge in [-0.05, 0) is 136 Å². The van der Waals surface area contributed by atoms with Crippen molar-refractivity contribution in [2.75, 3.05) is 72.5 Å². The lowest BCUT2D eigenvalue weighted by Crippen LogP contribution is -2.51. The summed E-state index contributed by atoms with van der Waals surface area (Å²) in [5, 5.41) is 0. The van der Waals surface area contributed by atoms with E-state index in [1.165, 1.54) is 148 Å². The lowest BCUT2D eigenvalue weighted by atomic mass is 9.47. The van der Waals surface area contributed by atoms with Gasteiger partial charge in [-0.15, -0.1) is 0 Å². The molecule has 0 aromatic carbocycles. The van der Waals surface area contributed by atoms with Gasteiger partial charge in [-0.25, -0.2) is 0 Å². The zero-order chi connectivity index (χ0) is 44.6. The van der Waals surface area contributed by atoms with E-state index in [0.29, 0.717) is 50.0 Å². The second-order valence-electron chi connectivity index (χ2n) is 22.4. The second kappa shape index (κ2) is 29.9. The predicted octanol–water partition coefficient (Wildman–Crippen LogP) is 14.6. The maximum absolute atomic E-state index is 6.52. The summed E-state index contributed by atoms with van der Waals surface area (Å²) < 4.78 is 30.8. The molecule has 1 heterocycles. The van der Waals surface area contributed by atoms with Crippen molar-refractivity contribution < 1.29 is 23.7 Å². The van der Waals surface area contributed by atoms with E-state index in [1.807, 2.05) is 0 Å². The molecular weight excluding hydrogens is 779 g/mol. The summed E-state index contributed by atoms with van der Waals surface area (Å²) in [6, 6.07) is 0. The minimum Gasteiger partial charge on any atom is -0.379 e. The second-order valence-corrected chi connectivity index (χ2v) is 22.4. The molecule has 0 N–H and O–H groups in total. The summed E-state index contributed by atoms with van der Waals surface area (Å²) in [5.41, 5.74) is 2.67. The molecule has 0 spiro atoms. The van der Waals surface area contributed by atoms with E-state index in [-0.39, 0.29) is 6.10 Å². The highest BCUT2D eigenvalue weighted by Crippen LogP contribution is 2.67. The Morgan fingerprint density at radius 3 is 2.17 bits per heavy atom. The minimum atomic E-state index is 0.109. The van der Waals surface area contributed by atoms with Crippen LogP contribution in [0.1, 0.15) is 208 Å². The number of unbranched alkanes of at least 4 members (excludes halogenated alkanes) is 12. The maximum atomic E-state index is 6.52. The smallest absolute Gasteiger partial charge is 0.0821 e. The lowest BCUT2D eigenvalue weighted by Gasteiger charge is -2.58. The molecule has 6 nitrogen and oxygen atoms in total. The maximum Gasteiger partial charge on any atom is 0.0821 e. The van der Waals surface area contributed by atoms with Crippen LogP contribution >= 0.6 is 0 Å². The molecule has 5 aliphatic rings. The largest absolute Gasteiger partial charge is 0.379 e. The van der Waals surface area contributed by atoms with Gasteiger partial charge < -0.3 is 23.7 Å². The van der Waals surface area contributed by atoms with E-state index in [4.69, 9.17) is 23.7 Å². The van der Waals surface area contributed by atoms with Gasteiger partial charge in [-0.2, -0.15) is 0 Å². The quantitative estimate of drug-likeness (QED) is 0.0474. The van der Waals surface area contributed by atoms with Crippen LogP contribution in [0.25, 0.3) is 0 Å². The molecule has 9 atom stereocenters. The van der Waals surface area contributed by atoms with Gasteiger partial charge in [0.15, 0.2) is 0 Å². The van der Waals surface area contributed by atoms with Gasteiger partial charge in [0.2, 0.25) is 0 Å².